The molecule has 7 heteroatoms. The molecule has 2 aromatic heterocycles. The molecule has 0 radical (unpaired) electrons. The Kier molecular flexibility index (Phi) is 5.07. The van der Waals surface area contributed by atoms with Crippen molar-refractivity contribution in [3.05, 3.63) is 81.9 Å². The van der Waals surface area contributed by atoms with Crippen LogP contribution in [0.15, 0.2) is 59.5 Å². The molecule has 0 aliphatic carbocycles. The largest absolute Gasteiger partial charge is 0.458 e. The van der Waals surface area contributed by atoms with E-state index < -0.39 is 5.97 Å². The molecule has 1 N–H and O–H groups in total. The summed E-state index contributed by atoms with van der Waals surface area (Å²) in [5, 5.41) is 2.49. The molecule has 0 aliphatic rings. The fourth-order valence-corrected chi connectivity index (χ4v) is 2.43. The molecule has 26 heavy (non-hydrogen) atoms. The summed E-state index contributed by atoms with van der Waals surface area (Å²) in [5.41, 5.74) is 1.92. The van der Waals surface area contributed by atoms with Crippen molar-refractivity contribution >= 4 is 17.5 Å². The van der Waals surface area contributed by atoms with E-state index in [-0.39, 0.29) is 24.6 Å². The average Bonchev–Trinajstić information content (AvgIpc) is 2.66. The van der Waals surface area contributed by atoms with Gasteiger partial charge in [-0.2, -0.15) is 0 Å². The minimum Gasteiger partial charge on any atom is -0.458 e. The zero-order valence-corrected chi connectivity index (χ0v) is 14.1. The molecule has 3 aromatic rings. The molecule has 132 valence electrons. The number of amides is 1. The third-order valence-electron chi connectivity index (χ3n) is 3.75. The molecule has 1 aromatic carbocycles. The maximum Gasteiger partial charge on any atom is 0.325 e. The van der Waals surface area contributed by atoms with Crippen molar-refractivity contribution in [2.45, 2.75) is 13.5 Å². The lowest BCUT2D eigenvalue weighted by Crippen LogP contribution is -2.30. The number of carbonyl (C=O) groups excluding carboxylic acids is 2. The van der Waals surface area contributed by atoms with Crippen LogP contribution in [-0.4, -0.2) is 27.8 Å². The van der Waals surface area contributed by atoms with Crippen LogP contribution in [0, 0.1) is 6.92 Å². The first kappa shape index (κ1) is 17.3. The summed E-state index contributed by atoms with van der Waals surface area (Å²) in [4.78, 5) is 40.1. The third-order valence-corrected chi connectivity index (χ3v) is 3.75. The third kappa shape index (κ3) is 3.94. The number of fused-ring (bicyclic) bond motifs is 1. The summed E-state index contributed by atoms with van der Waals surface area (Å²) in [6, 6.07) is 13.5. The van der Waals surface area contributed by atoms with Gasteiger partial charge in [0.25, 0.3) is 11.5 Å². The van der Waals surface area contributed by atoms with Gasteiger partial charge in [0.05, 0.1) is 5.69 Å². The van der Waals surface area contributed by atoms with Crippen molar-refractivity contribution in [2.24, 2.45) is 0 Å². The summed E-state index contributed by atoms with van der Waals surface area (Å²) < 4.78 is 6.53. The van der Waals surface area contributed by atoms with E-state index in [0.29, 0.717) is 16.9 Å². The molecule has 0 aliphatic heterocycles. The van der Waals surface area contributed by atoms with Crippen LogP contribution in [0.2, 0.25) is 0 Å². The highest BCUT2D eigenvalue weighted by Gasteiger charge is 2.10. The van der Waals surface area contributed by atoms with Gasteiger partial charge in [-0.05, 0) is 30.7 Å². The Bertz CT molecular complexity index is 1010. The second-order valence-corrected chi connectivity index (χ2v) is 5.68. The molecular formula is C19H17N3O4. The molecule has 0 atom stereocenters. The number of hydrogen-bond acceptors (Lipinski definition) is 5. The molecule has 0 unspecified atom stereocenters. The van der Waals surface area contributed by atoms with Crippen LogP contribution < -0.4 is 10.9 Å². The van der Waals surface area contributed by atoms with Crippen molar-refractivity contribution in [2.75, 3.05) is 6.54 Å². The lowest BCUT2D eigenvalue weighted by atomic mass is 10.2. The van der Waals surface area contributed by atoms with Gasteiger partial charge in [0.15, 0.2) is 0 Å². The predicted octanol–water partition coefficient (Wildman–Crippen LogP) is 1.48. The van der Waals surface area contributed by atoms with Crippen LogP contribution in [0.25, 0.3) is 5.65 Å². The van der Waals surface area contributed by atoms with Crippen LogP contribution in [0.5, 0.6) is 0 Å². The van der Waals surface area contributed by atoms with E-state index >= 15 is 0 Å². The van der Waals surface area contributed by atoms with Crippen LogP contribution in [0.1, 0.15) is 21.6 Å². The van der Waals surface area contributed by atoms with E-state index in [0.717, 1.165) is 5.56 Å². The van der Waals surface area contributed by atoms with E-state index in [2.05, 4.69) is 10.3 Å². The average molecular weight is 351 g/mol. The van der Waals surface area contributed by atoms with Crippen LogP contribution in [0.3, 0.4) is 0 Å². The molecule has 2 heterocycles. The molecule has 1 amide bonds. The summed E-state index contributed by atoms with van der Waals surface area (Å²) in [5.74, 6) is -0.971. The Hall–Kier alpha value is -3.48. The number of pyridine rings is 1. The summed E-state index contributed by atoms with van der Waals surface area (Å²) in [7, 11) is 0. The first-order valence-corrected chi connectivity index (χ1v) is 8.01. The zero-order chi connectivity index (χ0) is 18.5. The van der Waals surface area contributed by atoms with Gasteiger partial charge < -0.3 is 10.1 Å². The van der Waals surface area contributed by atoms with E-state index in [9.17, 15) is 14.4 Å². The van der Waals surface area contributed by atoms with E-state index in [4.69, 9.17) is 4.74 Å². The second-order valence-electron chi connectivity index (χ2n) is 5.68. The van der Waals surface area contributed by atoms with Gasteiger partial charge >= 0.3 is 5.97 Å². The molecule has 0 saturated carbocycles. The van der Waals surface area contributed by atoms with Crippen LogP contribution in [-0.2, 0) is 16.1 Å². The predicted molar refractivity (Wildman–Crippen MR) is 94.8 cm³/mol. The van der Waals surface area contributed by atoms with E-state index in [1.165, 1.54) is 10.5 Å². The lowest BCUT2D eigenvalue weighted by Gasteiger charge is -2.08. The van der Waals surface area contributed by atoms with Crippen molar-refractivity contribution in [1.82, 2.24) is 14.7 Å². The topological polar surface area (TPSA) is 89.8 Å². The minimum atomic E-state index is -0.610. The quantitative estimate of drug-likeness (QED) is 0.703. The SMILES string of the molecule is Cc1cccn2c(=O)cc(COC(=O)CNC(=O)c3ccccc3)nc12. The minimum absolute atomic E-state index is 0.139. The number of carbonyl (C=O) groups is 2. The van der Waals surface area contributed by atoms with E-state index in [1.54, 1.807) is 42.6 Å². The standard InChI is InChI=1S/C19H17N3O4/c1-13-6-5-9-22-16(23)10-15(21-18(13)22)12-26-17(24)11-20-19(25)14-7-3-2-4-8-14/h2-10H,11-12H2,1H3,(H,20,25). The highest BCUT2D eigenvalue weighted by atomic mass is 16.5. The normalized spacial score (nSPS) is 10.5. The van der Waals surface area contributed by atoms with Crippen LogP contribution in [0.4, 0.5) is 0 Å². The number of aromatic nitrogens is 2. The Labute approximate surface area is 149 Å². The number of aryl methyl sites for hydroxylation is 1. The number of esters is 1. The number of nitrogens with zero attached hydrogens (tertiary/aromatic N) is 2. The van der Waals surface area contributed by atoms with Gasteiger partial charge in [0.2, 0.25) is 0 Å². The summed E-state index contributed by atoms with van der Waals surface area (Å²) in [6.07, 6.45) is 1.63. The highest BCUT2D eigenvalue weighted by Crippen LogP contribution is 2.06. The van der Waals surface area contributed by atoms with Crippen molar-refractivity contribution in [3.8, 4) is 0 Å². The van der Waals surface area contributed by atoms with Crippen LogP contribution >= 0.6 is 0 Å². The number of hydrogen-bond donors (Lipinski definition) is 1. The van der Waals surface area contributed by atoms with Gasteiger partial charge in [0, 0.05) is 17.8 Å². The number of nitrogens with one attached hydrogen (secondary N) is 1. The van der Waals surface area contributed by atoms with Gasteiger partial charge in [-0.25, -0.2) is 4.98 Å². The van der Waals surface area contributed by atoms with E-state index in [1.807, 2.05) is 13.0 Å². The number of rotatable bonds is 5. The highest BCUT2D eigenvalue weighted by molar-refractivity contribution is 5.95. The molecule has 0 fully saturated rings. The second kappa shape index (κ2) is 7.60. The van der Waals surface area contributed by atoms with Crippen molar-refractivity contribution in [1.29, 1.82) is 0 Å². The molecular weight excluding hydrogens is 334 g/mol. The maximum atomic E-state index is 12.1. The smallest absolute Gasteiger partial charge is 0.325 e. The Morgan fingerprint density at radius 3 is 2.69 bits per heavy atom. The Morgan fingerprint density at radius 2 is 1.92 bits per heavy atom. The molecule has 3 rings (SSSR count). The molecule has 0 saturated heterocycles. The first-order chi connectivity index (χ1) is 12.5. The fraction of sp³-hybridized carbons (Fsp3) is 0.158. The molecule has 7 nitrogen and oxygen atoms in total. The number of ether oxygens (including phenoxy) is 1. The maximum absolute atomic E-state index is 12.1. The first-order valence-electron chi connectivity index (χ1n) is 8.01. The Balaban J connectivity index is 1.59. The van der Waals surface area contributed by atoms with Gasteiger partial charge in [-0.3, -0.25) is 18.8 Å². The summed E-state index contributed by atoms with van der Waals surface area (Å²) in [6.45, 7) is 1.44. The summed E-state index contributed by atoms with van der Waals surface area (Å²) >= 11 is 0. The molecule has 0 spiro atoms. The lowest BCUT2D eigenvalue weighted by molar-refractivity contribution is -0.143. The van der Waals surface area contributed by atoms with Crippen molar-refractivity contribution in [3.63, 3.8) is 0 Å². The van der Waals surface area contributed by atoms with Crippen molar-refractivity contribution < 1.29 is 14.3 Å². The fourth-order valence-electron chi connectivity index (χ4n) is 2.43. The Morgan fingerprint density at radius 1 is 1.15 bits per heavy atom. The monoisotopic (exact) mass is 351 g/mol. The van der Waals surface area contributed by atoms with Gasteiger partial charge in [-0.1, -0.05) is 24.3 Å². The molecule has 0 bridgehead atoms. The number of benzene rings is 1. The van der Waals surface area contributed by atoms with Gasteiger partial charge in [-0.15, -0.1) is 0 Å². The van der Waals surface area contributed by atoms with Gasteiger partial charge in [0.1, 0.15) is 18.8 Å². The zero-order valence-electron chi connectivity index (χ0n) is 14.1.